The second kappa shape index (κ2) is 12.4. The maximum absolute atomic E-state index is 12.6. The quantitative estimate of drug-likeness (QED) is 0.117. The summed E-state index contributed by atoms with van der Waals surface area (Å²) in [5.74, 6) is -0.293. The van der Waals surface area contributed by atoms with E-state index in [1.165, 1.54) is 0 Å². The van der Waals surface area contributed by atoms with Gasteiger partial charge in [0.2, 0.25) is 0 Å². The Morgan fingerprint density at radius 1 is 0.921 bits per heavy atom. The highest BCUT2D eigenvalue weighted by Crippen LogP contribution is 2.30. The normalized spacial score (nSPS) is 12.2. The molecule has 4 aromatic rings. The molecule has 0 unspecified atom stereocenters. The van der Waals surface area contributed by atoms with E-state index in [4.69, 9.17) is 11.5 Å². The molecule has 4 rings (SSSR count). The predicted octanol–water partition coefficient (Wildman–Crippen LogP) is 4.40. The summed E-state index contributed by atoms with van der Waals surface area (Å²) in [4.78, 5) is 45.5. The number of nitrogen functional groups attached to an aromatic ring is 2. The molecule has 0 saturated carbocycles. The van der Waals surface area contributed by atoms with Gasteiger partial charge in [-0.05, 0) is 88.3 Å². The predicted molar refractivity (Wildman–Crippen MR) is 159 cm³/mol. The second-order valence-corrected chi connectivity index (χ2v) is 11.3. The summed E-state index contributed by atoms with van der Waals surface area (Å²) in [5, 5.41) is 5.72. The van der Waals surface area contributed by atoms with Crippen LogP contribution in [-0.2, 0) is 0 Å². The van der Waals surface area contributed by atoms with Crippen molar-refractivity contribution in [1.82, 2.24) is 40.5 Å². The third kappa shape index (κ3) is 6.78. The Balaban J connectivity index is 1.45. The Morgan fingerprint density at radius 2 is 1.55 bits per heavy atom. The largest absolute Gasteiger partial charge is 0.369 e. The summed E-state index contributed by atoms with van der Waals surface area (Å²) in [6, 6.07) is 3.37. The average Bonchev–Trinajstić information content (AvgIpc) is 3.63. The number of hydrogen-bond donors (Lipinski definition) is 8. The summed E-state index contributed by atoms with van der Waals surface area (Å²) in [6.07, 6.45) is 5.66. The SMILES string of the molecule is Nc1ncc([C@H](CCNC(=O)c2cc(Br)c(Br)[nH]2)c2[nH]c(N)nc2/C=C/CNC(=O)c2cc(Br)c(Br)[nH]2)[nH]1. The number of carbonyl (C=O) groups is 2. The molecule has 0 aromatic carbocycles. The molecule has 16 heteroatoms. The maximum atomic E-state index is 12.6. The molecule has 4 heterocycles. The zero-order valence-corrected chi connectivity index (χ0v) is 25.8. The fourth-order valence-corrected chi connectivity index (χ4v) is 5.00. The van der Waals surface area contributed by atoms with Crippen molar-refractivity contribution in [3.8, 4) is 0 Å². The number of nitrogens with two attached hydrogens (primary N) is 2. The van der Waals surface area contributed by atoms with Crippen LogP contribution in [0.15, 0.2) is 42.6 Å². The van der Waals surface area contributed by atoms with Crippen molar-refractivity contribution in [3.05, 3.63) is 71.0 Å². The van der Waals surface area contributed by atoms with Crippen molar-refractivity contribution in [2.75, 3.05) is 24.6 Å². The van der Waals surface area contributed by atoms with Gasteiger partial charge in [0.1, 0.15) is 11.4 Å². The van der Waals surface area contributed by atoms with Crippen LogP contribution < -0.4 is 22.1 Å². The van der Waals surface area contributed by atoms with Crippen LogP contribution in [0.1, 0.15) is 50.4 Å². The van der Waals surface area contributed by atoms with Crippen LogP contribution in [0.25, 0.3) is 6.08 Å². The number of amides is 2. The van der Waals surface area contributed by atoms with E-state index in [1.54, 1.807) is 30.5 Å². The third-order valence-corrected chi connectivity index (χ3v) is 9.00. The topological polar surface area (TPSA) is 199 Å². The van der Waals surface area contributed by atoms with Gasteiger partial charge in [-0.15, -0.1) is 0 Å². The molecule has 0 saturated heterocycles. The molecule has 4 aromatic heterocycles. The number of halogens is 4. The molecule has 2 amide bonds. The number of hydrogen-bond acceptors (Lipinski definition) is 6. The van der Waals surface area contributed by atoms with Crippen LogP contribution in [0.5, 0.6) is 0 Å². The molecule has 0 aliphatic carbocycles. The number of rotatable bonds is 10. The first-order chi connectivity index (χ1) is 18.1. The monoisotopic (exact) mass is 774 g/mol. The minimum absolute atomic E-state index is 0.229. The first-order valence-corrected chi connectivity index (χ1v) is 14.3. The summed E-state index contributed by atoms with van der Waals surface area (Å²) in [7, 11) is 0. The number of aromatic nitrogens is 6. The lowest BCUT2D eigenvalue weighted by Crippen LogP contribution is -2.26. The lowest BCUT2D eigenvalue weighted by Gasteiger charge is -2.15. The summed E-state index contributed by atoms with van der Waals surface area (Å²) >= 11 is 13.4. The average molecular weight is 778 g/mol. The van der Waals surface area contributed by atoms with Crippen molar-refractivity contribution in [1.29, 1.82) is 0 Å². The van der Waals surface area contributed by atoms with Crippen LogP contribution in [0.4, 0.5) is 11.9 Å². The molecule has 0 fully saturated rings. The van der Waals surface area contributed by atoms with E-state index in [0.717, 1.165) is 14.6 Å². The Hall–Kier alpha value is -2.82. The second-order valence-electron chi connectivity index (χ2n) is 8.04. The van der Waals surface area contributed by atoms with Gasteiger partial charge in [-0.2, -0.15) is 0 Å². The molecule has 1 atom stereocenters. The lowest BCUT2D eigenvalue weighted by atomic mass is 9.96. The smallest absolute Gasteiger partial charge is 0.268 e. The number of nitrogens with zero attached hydrogens (tertiary/aromatic N) is 2. The van der Waals surface area contributed by atoms with Crippen LogP contribution >= 0.6 is 63.7 Å². The number of imidazole rings is 2. The highest BCUT2D eigenvalue weighted by Gasteiger charge is 2.23. The zero-order valence-electron chi connectivity index (χ0n) is 19.5. The standard InChI is InChI=1S/C22H22Br4N10O2/c23-10-6-13(32-17(10)25)19(37)29-4-1-2-12-16(36-22(28)34-12)9(15-8-31-21(27)35-15)3-5-30-20(38)14-7-11(24)18(26)33-14/h1-2,6-9,32-33H,3-5H2,(H,29,37)(H,30,38)(H3,27,31,35)(H3,28,34,36)/b2-1+/t9-/m0/s1. The highest BCUT2D eigenvalue weighted by molar-refractivity contribution is 9.13. The number of nitrogens with one attached hydrogen (secondary N) is 6. The maximum Gasteiger partial charge on any atom is 0.268 e. The van der Waals surface area contributed by atoms with Gasteiger partial charge < -0.3 is 42.0 Å². The number of H-pyrrole nitrogens is 4. The van der Waals surface area contributed by atoms with Crippen molar-refractivity contribution < 1.29 is 9.59 Å². The van der Waals surface area contributed by atoms with Crippen LogP contribution in [-0.4, -0.2) is 54.8 Å². The molecular weight excluding hydrogens is 756 g/mol. The third-order valence-electron chi connectivity index (χ3n) is 5.43. The molecule has 200 valence electrons. The molecule has 0 bridgehead atoms. The van der Waals surface area contributed by atoms with Gasteiger partial charge in [0, 0.05) is 24.7 Å². The minimum Gasteiger partial charge on any atom is -0.369 e. The van der Waals surface area contributed by atoms with Gasteiger partial charge in [-0.3, -0.25) is 9.59 Å². The molecule has 38 heavy (non-hydrogen) atoms. The fraction of sp³-hybridized carbons (Fsp3) is 0.182. The molecule has 10 N–H and O–H groups in total. The Labute approximate surface area is 250 Å². The van der Waals surface area contributed by atoms with Gasteiger partial charge in [0.15, 0.2) is 11.9 Å². The Bertz CT molecular complexity index is 1450. The van der Waals surface area contributed by atoms with Gasteiger partial charge in [-0.1, -0.05) is 6.08 Å². The first-order valence-electron chi connectivity index (χ1n) is 11.1. The number of anilines is 2. The van der Waals surface area contributed by atoms with Crippen molar-refractivity contribution >= 4 is 93.5 Å². The highest BCUT2D eigenvalue weighted by atomic mass is 79.9. The van der Waals surface area contributed by atoms with Crippen molar-refractivity contribution in [3.63, 3.8) is 0 Å². The molecule has 0 aliphatic heterocycles. The molecule has 0 aliphatic rings. The summed E-state index contributed by atoms with van der Waals surface area (Å²) in [5.41, 5.74) is 14.7. The molecular formula is C22H22Br4N10O2. The molecule has 12 nitrogen and oxygen atoms in total. The van der Waals surface area contributed by atoms with E-state index in [0.29, 0.717) is 44.9 Å². The van der Waals surface area contributed by atoms with E-state index in [2.05, 4.69) is 104 Å². The van der Waals surface area contributed by atoms with Gasteiger partial charge in [0.05, 0.1) is 35.7 Å². The zero-order chi connectivity index (χ0) is 27.4. The Kier molecular flexibility index (Phi) is 9.17. The van der Waals surface area contributed by atoms with E-state index >= 15 is 0 Å². The fourth-order valence-electron chi connectivity index (χ4n) is 3.69. The van der Waals surface area contributed by atoms with Crippen LogP contribution in [0.3, 0.4) is 0 Å². The van der Waals surface area contributed by atoms with Crippen molar-refractivity contribution in [2.45, 2.75) is 12.3 Å². The molecule has 0 spiro atoms. The van der Waals surface area contributed by atoms with Crippen LogP contribution in [0.2, 0.25) is 0 Å². The van der Waals surface area contributed by atoms with Gasteiger partial charge in [0.25, 0.3) is 11.8 Å². The van der Waals surface area contributed by atoms with Gasteiger partial charge >= 0.3 is 0 Å². The van der Waals surface area contributed by atoms with Crippen molar-refractivity contribution in [2.24, 2.45) is 0 Å². The number of carbonyl (C=O) groups excluding carboxylic acids is 2. The van der Waals surface area contributed by atoms with E-state index in [1.807, 2.05) is 0 Å². The van der Waals surface area contributed by atoms with Crippen LogP contribution in [0, 0.1) is 0 Å². The lowest BCUT2D eigenvalue weighted by molar-refractivity contribution is 0.0942. The number of aromatic amines is 4. The minimum atomic E-state index is -0.283. The molecule has 0 radical (unpaired) electrons. The van der Waals surface area contributed by atoms with E-state index < -0.39 is 0 Å². The summed E-state index contributed by atoms with van der Waals surface area (Å²) < 4.78 is 2.88. The summed E-state index contributed by atoms with van der Waals surface area (Å²) in [6.45, 7) is 0.606. The Morgan fingerprint density at radius 3 is 2.11 bits per heavy atom. The van der Waals surface area contributed by atoms with E-state index in [-0.39, 0.29) is 36.2 Å². The first kappa shape index (κ1) is 28.2. The van der Waals surface area contributed by atoms with Gasteiger partial charge in [-0.25, -0.2) is 9.97 Å². The van der Waals surface area contributed by atoms with E-state index in [9.17, 15) is 9.59 Å².